The van der Waals surface area contributed by atoms with Gasteiger partial charge in [0.25, 0.3) is 0 Å². The fraction of sp³-hybridized carbons (Fsp3) is 0.385. The average molecular weight is 235 g/mol. The minimum absolute atomic E-state index is 0.0509. The van der Waals surface area contributed by atoms with Crippen LogP contribution in [0.25, 0.3) is 0 Å². The Kier molecular flexibility index (Phi) is 4.69. The van der Waals surface area contributed by atoms with E-state index in [9.17, 15) is 9.59 Å². The van der Waals surface area contributed by atoms with Crippen molar-refractivity contribution in [3.8, 4) is 0 Å². The largest absolute Gasteiger partial charge is 0.478 e. The van der Waals surface area contributed by atoms with Crippen molar-refractivity contribution < 1.29 is 14.7 Å². The number of amides is 1. The van der Waals surface area contributed by atoms with Crippen LogP contribution in [0.5, 0.6) is 0 Å². The summed E-state index contributed by atoms with van der Waals surface area (Å²) in [7, 11) is 1.78. The summed E-state index contributed by atoms with van der Waals surface area (Å²) < 4.78 is 0. The lowest BCUT2D eigenvalue weighted by molar-refractivity contribution is -0.129. The van der Waals surface area contributed by atoms with E-state index in [4.69, 9.17) is 5.11 Å². The minimum Gasteiger partial charge on any atom is -0.478 e. The quantitative estimate of drug-likeness (QED) is 0.846. The molecule has 1 amide bonds. The molecule has 0 aliphatic carbocycles. The molecule has 0 heterocycles. The summed E-state index contributed by atoms with van der Waals surface area (Å²) >= 11 is 0. The lowest BCUT2D eigenvalue weighted by Crippen LogP contribution is -2.28. The molecule has 0 unspecified atom stereocenters. The van der Waals surface area contributed by atoms with Crippen molar-refractivity contribution in [1.82, 2.24) is 4.90 Å². The van der Waals surface area contributed by atoms with E-state index in [-0.39, 0.29) is 11.5 Å². The molecule has 4 nitrogen and oxygen atoms in total. The molecular formula is C13H17NO3. The molecule has 0 aliphatic rings. The number of benzene rings is 1. The summed E-state index contributed by atoms with van der Waals surface area (Å²) in [5.41, 5.74) is 1.08. The third kappa shape index (κ3) is 3.90. The first-order valence-electron chi connectivity index (χ1n) is 5.60. The summed E-state index contributed by atoms with van der Waals surface area (Å²) in [6, 6.07) is 6.40. The Balaban J connectivity index is 2.63. The van der Waals surface area contributed by atoms with Gasteiger partial charge in [0.05, 0.1) is 12.0 Å². The number of hydrogen-bond acceptors (Lipinski definition) is 2. The lowest BCUT2D eigenvalue weighted by atomic mass is 10.1. The Morgan fingerprint density at radius 2 is 1.82 bits per heavy atom. The maximum atomic E-state index is 11.7. The molecule has 1 N–H and O–H groups in total. The van der Waals surface area contributed by atoms with Crippen LogP contribution in [0.1, 0.15) is 29.3 Å². The number of rotatable bonds is 5. The van der Waals surface area contributed by atoms with Crippen LogP contribution in [0.4, 0.5) is 0 Å². The van der Waals surface area contributed by atoms with Crippen molar-refractivity contribution in [1.29, 1.82) is 0 Å². The summed E-state index contributed by atoms with van der Waals surface area (Å²) in [6.45, 7) is 2.76. The maximum absolute atomic E-state index is 11.7. The van der Waals surface area contributed by atoms with Crippen molar-refractivity contribution >= 4 is 11.9 Å². The van der Waals surface area contributed by atoms with Gasteiger partial charge in [0.2, 0.25) is 5.91 Å². The van der Waals surface area contributed by atoms with E-state index < -0.39 is 5.97 Å². The zero-order valence-electron chi connectivity index (χ0n) is 10.1. The molecule has 1 aromatic carbocycles. The predicted molar refractivity (Wildman–Crippen MR) is 65.0 cm³/mol. The fourth-order valence-corrected chi connectivity index (χ4v) is 1.53. The highest BCUT2D eigenvalue weighted by Crippen LogP contribution is 2.06. The van der Waals surface area contributed by atoms with Crippen LogP contribution in [-0.4, -0.2) is 35.5 Å². The van der Waals surface area contributed by atoms with Crippen LogP contribution in [0.3, 0.4) is 0 Å². The maximum Gasteiger partial charge on any atom is 0.335 e. The minimum atomic E-state index is -0.953. The third-order valence-corrected chi connectivity index (χ3v) is 2.54. The van der Waals surface area contributed by atoms with Gasteiger partial charge in [0.15, 0.2) is 0 Å². The SMILES string of the molecule is CCCN(C)C(=O)Cc1ccc(C(=O)O)cc1. The molecule has 0 saturated heterocycles. The molecule has 1 aromatic rings. The first kappa shape index (κ1) is 13.2. The van der Waals surface area contributed by atoms with Gasteiger partial charge in [-0.15, -0.1) is 0 Å². The van der Waals surface area contributed by atoms with E-state index in [1.807, 2.05) is 6.92 Å². The summed E-state index contributed by atoms with van der Waals surface area (Å²) in [6.07, 6.45) is 1.25. The van der Waals surface area contributed by atoms with Crippen LogP contribution in [-0.2, 0) is 11.2 Å². The molecule has 17 heavy (non-hydrogen) atoms. The molecule has 4 heteroatoms. The van der Waals surface area contributed by atoms with Crippen molar-refractivity contribution in [2.45, 2.75) is 19.8 Å². The fourth-order valence-electron chi connectivity index (χ4n) is 1.53. The summed E-state index contributed by atoms with van der Waals surface area (Å²) in [4.78, 5) is 24.1. The number of carbonyl (C=O) groups excluding carboxylic acids is 1. The van der Waals surface area contributed by atoms with E-state index in [0.29, 0.717) is 6.42 Å². The van der Waals surface area contributed by atoms with E-state index in [2.05, 4.69) is 0 Å². The van der Waals surface area contributed by atoms with Gasteiger partial charge in [-0.1, -0.05) is 19.1 Å². The lowest BCUT2D eigenvalue weighted by Gasteiger charge is -2.15. The number of carboxylic acids is 1. The average Bonchev–Trinajstić information content (AvgIpc) is 2.30. The second-order valence-corrected chi connectivity index (χ2v) is 3.99. The molecule has 0 saturated carbocycles. The van der Waals surface area contributed by atoms with Crippen molar-refractivity contribution in [3.63, 3.8) is 0 Å². The van der Waals surface area contributed by atoms with Gasteiger partial charge in [-0.25, -0.2) is 4.79 Å². The number of carbonyl (C=O) groups is 2. The molecule has 0 bridgehead atoms. The Morgan fingerprint density at radius 1 is 1.24 bits per heavy atom. The molecule has 0 fully saturated rings. The van der Waals surface area contributed by atoms with Crippen molar-refractivity contribution in [3.05, 3.63) is 35.4 Å². The highest BCUT2D eigenvalue weighted by atomic mass is 16.4. The highest BCUT2D eigenvalue weighted by Gasteiger charge is 2.09. The van der Waals surface area contributed by atoms with Gasteiger partial charge in [-0.3, -0.25) is 4.79 Å². The number of hydrogen-bond donors (Lipinski definition) is 1. The van der Waals surface area contributed by atoms with Crippen LogP contribution in [0.15, 0.2) is 24.3 Å². The van der Waals surface area contributed by atoms with Gasteiger partial charge in [0.1, 0.15) is 0 Å². The van der Waals surface area contributed by atoms with Crippen molar-refractivity contribution in [2.75, 3.05) is 13.6 Å². The topological polar surface area (TPSA) is 57.6 Å². The molecule has 92 valence electrons. The van der Waals surface area contributed by atoms with Crippen LogP contribution >= 0.6 is 0 Å². The zero-order valence-corrected chi connectivity index (χ0v) is 10.1. The molecule has 0 spiro atoms. The Labute approximate surface area is 101 Å². The number of nitrogens with zero attached hydrogens (tertiary/aromatic N) is 1. The Morgan fingerprint density at radius 3 is 2.29 bits per heavy atom. The van der Waals surface area contributed by atoms with E-state index in [1.165, 1.54) is 12.1 Å². The van der Waals surface area contributed by atoms with E-state index >= 15 is 0 Å². The Bertz CT molecular complexity index is 398. The van der Waals surface area contributed by atoms with Gasteiger partial charge in [0, 0.05) is 13.6 Å². The van der Waals surface area contributed by atoms with Gasteiger partial charge in [-0.2, -0.15) is 0 Å². The number of carboxylic acid groups (broad SMARTS) is 1. The smallest absolute Gasteiger partial charge is 0.335 e. The van der Waals surface area contributed by atoms with Crippen LogP contribution < -0.4 is 0 Å². The highest BCUT2D eigenvalue weighted by molar-refractivity contribution is 5.87. The third-order valence-electron chi connectivity index (χ3n) is 2.54. The monoisotopic (exact) mass is 235 g/mol. The molecule has 1 rings (SSSR count). The number of aromatic carboxylic acids is 1. The molecule has 0 atom stereocenters. The molecule has 0 aliphatic heterocycles. The zero-order chi connectivity index (χ0) is 12.8. The molecule has 0 aromatic heterocycles. The first-order valence-corrected chi connectivity index (χ1v) is 5.60. The standard InChI is InChI=1S/C13H17NO3/c1-3-8-14(2)12(15)9-10-4-6-11(7-5-10)13(16)17/h4-7H,3,8-9H2,1-2H3,(H,16,17). The van der Waals surface area contributed by atoms with Gasteiger partial charge in [-0.05, 0) is 24.1 Å². The predicted octanol–water partition coefficient (Wildman–Crippen LogP) is 1.80. The van der Waals surface area contributed by atoms with Crippen LogP contribution in [0.2, 0.25) is 0 Å². The van der Waals surface area contributed by atoms with Crippen LogP contribution in [0, 0.1) is 0 Å². The first-order chi connectivity index (χ1) is 8.04. The summed E-state index contributed by atoms with van der Waals surface area (Å²) in [5.74, 6) is -0.902. The summed E-state index contributed by atoms with van der Waals surface area (Å²) in [5, 5.41) is 8.74. The van der Waals surface area contributed by atoms with E-state index in [1.54, 1.807) is 24.1 Å². The van der Waals surface area contributed by atoms with Crippen molar-refractivity contribution in [2.24, 2.45) is 0 Å². The molecular weight excluding hydrogens is 218 g/mol. The molecule has 0 radical (unpaired) electrons. The second-order valence-electron chi connectivity index (χ2n) is 3.99. The number of likely N-dealkylation sites (N-methyl/N-ethyl adjacent to an activating group) is 1. The van der Waals surface area contributed by atoms with E-state index in [0.717, 1.165) is 18.5 Å². The second kappa shape index (κ2) is 6.03. The normalized spacial score (nSPS) is 10.0. The van der Waals surface area contributed by atoms with Gasteiger partial charge < -0.3 is 10.0 Å². The van der Waals surface area contributed by atoms with Gasteiger partial charge >= 0.3 is 5.97 Å². The Hall–Kier alpha value is -1.84.